The van der Waals surface area contributed by atoms with E-state index in [1.807, 2.05) is 27.7 Å². The molecule has 0 aromatic carbocycles. The largest absolute Gasteiger partial charge is 0.456 e. The zero-order valence-electron chi connectivity index (χ0n) is 27.1. The lowest BCUT2D eigenvalue weighted by atomic mass is 9.47. The van der Waals surface area contributed by atoms with Crippen LogP contribution in [0.1, 0.15) is 53.4 Å². The summed E-state index contributed by atoms with van der Waals surface area (Å²) in [6, 6.07) is 0. The summed E-state index contributed by atoms with van der Waals surface area (Å²) in [6.07, 6.45) is -2.16. The third kappa shape index (κ3) is 2.05. The minimum atomic E-state index is -1.42. The minimum Gasteiger partial charge on any atom is -0.456 e. The first-order valence-electron chi connectivity index (χ1n) is 18.0. The zero-order valence-corrected chi connectivity index (χ0v) is 27.1. The molecule has 0 aromatic rings. The van der Waals surface area contributed by atoms with Gasteiger partial charge in [-0.15, -0.1) is 0 Å². The molecule has 12 bridgehead atoms. The normalized spacial score (nSPS) is 60.7. The lowest BCUT2D eigenvalue weighted by molar-refractivity contribution is -0.251. The molecule has 48 heavy (non-hydrogen) atoms. The van der Waals surface area contributed by atoms with Gasteiger partial charge < -0.3 is 29.2 Å². The first-order valence-corrected chi connectivity index (χ1v) is 18.0. The molecule has 4 unspecified atom stereocenters. The summed E-state index contributed by atoms with van der Waals surface area (Å²) in [7, 11) is 0. The van der Waals surface area contributed by atoms with Crippen molar-refractivity contribution >= 4 is 23.5 Å². The van der Waals surface area contributed by atoms with Crippen molar-refractivity contribution in [1.29, 1.82) is 0 Å². The molecule has 10 nitrogen and oxygen atoms in total. The lowest BCUT2D eigenvalue weighted by Gasteiger charge is -2.60. The van der Waals surface area contributed by atoms with Crippen molar-refractivity contribution in [3.05, 3.63) is 44.6 Å². The Balaban J connectivity index is 1.12. The fourth-order valence-electron chi connectivity index (χ4n) is 15.5. The van der Waals surface area contributed by atoms with Crippen LogP contribution in [0.2, 0.25) is 0 Å². The van der Waals surface area contributed by atoms with Crippen molar-refractivity contribution in [2.75, 3.05) is 0 Å². The number of allylic oxidation sites excluding steroid dienone is 4. The third-order valence-corrected chi connectivity index (χ3v) is 17.1. The molecule has 9 aliphatic carbocycles. The first kappa shape index (κ1) is 26.9. The summed E-state index contributed by atoms with van der Waals surface area (Å²) in [5.74, 6) is -5.01. The van der Waals surface area contributed by atoms with Gasteiger partial charge in [-0.2, -0.15) is 0 Å². The molecule has 15 aliphatic rings. The Morgan fingerprint density at radius 3 is 1.40 bits per heavy atom. The molecule has 6 aliphatic heterocycles. The van der Waals surface area contributed by atoms with Gasteiger partial charge in [-0.1, -0.05) is 36.1 Å². The number of aliphatic hydroxyl groups is 2. The number of Topliss-reactive ketones (excluding diaryl/α,β-unsaturated/α-hetero) is 2. The summed E-state index contributed by atoms with van der Waals surface area (Å²) in [5.41, 5.74) is 1.84. The molecule has 248 valence electrons. The Labute approximate surface area is 275 Å². The van der Waals surface area contributed by atoms with Gasteiger partial charge in [0.2, 0.25) is 0 Å². The van der Waals surface area contributed by atoms with Crippen molar-refractivity contribution in [2.24, 2.45) is 58.2 Å². The van der Waals surface area contributed by atoms with Gasteiger partial charge in [-0.05, 0) is 61.8 Å². The van der Waals surface area contributed by atoms with E-state index in [0.29, 0.717) is 25.7 Å². The van der Waals surface area contributed by atoms with Crippen LogP contribution in [0.15, 0.2) is 44.6 Å². The third-order valence-electron chi connectivity index (χ3n) is 17.1. The van der Waals surface area contributed by atoms with Crippen LogP contribution in [0.5, 0.6) is 0 Å². The topological polar surface area (TPSA) is 146 Å². The van der Waals surface area contributed by atoms with Crippen LogP contribution in [0, 0.1) is 58.2 Å². The van der Waals surface area contributed by atoms with Gasteiger partial charge in [0.1, 0.15) is 47.2 Å². The predicted molar refractivity (Wildman–Crippen MR) is 159 cm³/mol. The predicted octanol–water partition coefficient (Wildman–Crippen LogP) is 1.82. The van der Waals surface area contributed by atoms with Gasteiger partial charge in [-0.3, -0.25) is 19.2 Å². The number of carbonyl (C=O) groups is 4. The Hall–Kier alpha value is -2.92. The summed E-state index contributed by atoms with van der Waals surface area (Å²) in [6.45, 7) is 7.95. The standard InChI is InChI=1S/C38H36O10/c1-9-15-19-13-5-7-36-12(4)26-32(48-34(36)42)38(44)28(36)22(13)18(30(38)46-26)10(2)16(24(19)40)20(23(15)39)14-6-8-35-11(3)25-31(47-33(35)41)37(43)27(35)21(14)17(9)29(37)45-25/h11-12,15-16,19-20,25-32,43-44H,5-8H2,1-4H3/t11?,12?,15-,16+,19-,20+,25?,26?,27-,28-,29-,30-,31-,32-,35+,36+,37-,38-/m0/s1. The van der Waals surface area contributed by atoms with E-state index in [2.05, 4.69) is 0 Å². The van der Waals surface area contributed by atoms with Gasteiger partial charge in [0.25, 0.3) is 0 Å². The van der Waals surface area contributed by atoms with Crippen LogP contribution in [0.3, 0.4) is 0 Å². The molecule has 0 radical (unpaired) electrons. The van der Waals surface area contributed by atoms with E-state index in [4.69, 9.17) is 18.9 Å². The molecular weight excluding hydrogens is 616 g/mol. The maximum Gasteiger partial charge on any atom is 0.313 e. The van der Waals surface area contributed by atoms with Crippen molar-refractivity contribution in [1.82, 2.24) is 0 Å². The van der Waals surface area contributed by atoms with E-state index in [9.17, 15) is 19.8 Å². The molecule has 0 amide bonds. The molecule has 0 aromatic heterocycles. The molecule has 11 fully saturated rings. The van der Waals surface area contributed by atoms with E-state index < -0.39 is 94.2 Å². The Morgan fingerprint density at radius 2 is 1.00 bits per heavy atom. The highest BCUT2D eigenvalue weighted by Gasteiger charge is 2.87. The smallest absolute Gasteiger partial charge is 0.313 e. The van der Waals surface area contributed by atoms with Crippen molar-refractivity contribution < 1.29 is 48.3 Å². The fraction of sp³-hybridized carbons (Fsp3) is 0.684. The Morgan fingerprint density at radius 1 is 0.604 bits per heavy atom. The average molecular weight is 653 g/mol. The number of ether oxygens (including phenoxy) is 4. The van der Waals surface area contributed by atoms with Gasteiger partial charge in [0.15, 0.2) is 12.2 Å². The highest BCUT2D eigenvalue weighted by Crippen LogP contribution is 2.78. The van der Waals surface area contributed by atoms with Crippen molar-refractivity contribution in [3.8, 4) is 0 Å². The summed E-state index contributed by atoms with van der Waals surface area (Å²) in [4.78, 5) is 58.2. The van der Waals surface area contributed by atoms with Gasteiger partial charge in [-0.25, -0.2) is 0 Å². The Kier molecular flexibility index (Phi) is 4.00. The monoisotopic (exact) mass is 652 g/mol. The SMILES string of the molecule is CC1=C2C3=C(CC[C@]45C(=O)O[C@H]6C(O[C@@H]2[C@@]6(O)[C@@H]34)C5C)[C@H]2C(=O)[C@@H]1[C@H]1C(=O)[C@@H]2C(C)=C2C3=C1CC[C@]14C(=O)O[C@H]5C(O[C@@H]2[C@@]5(O)[C@@H]31)C4C. The molecule has 6 heterocycles. The molecule has 18 atom stereocenters. The van der Waals surface area contributed by atoms with E-state index >= 15 is 9.59 Å². The Bertz CT molecular complexity index is 1880. The number of esters is 2. The quantitative estimate of drug-likeness (QED) is 0.372. The maximum absolute atomic E-state index is 15.2. The molecule has 10 heteroatoms. The lowest BCUT2D eigenvalue weighted by Crippen LogP contribution is -2.73. The number of carbonyl (C=O) groups excluding carboxylic acids is 4. The molecule has 5 saturated carbocycles. The highest BCUT2D eigenvalue weighted by molar-refractivity contribution is 6.07. The van der Waals surface area contributed by atoms with Crippen LogP contribution in [-0.2, 0) is 38.1 Å². The van der Waals surface area contributed by atoms with Gasteiger partial charge in [0, 0.05) is 23.7 Å². The molecule has 2 spiro atoms. The van der Waals surface area contributed by atoms with E-state index in [1.54, 1.807) is 0 Å². The number of hydrogen-bond donors (Lipinski definition) is 2. The number of rotatable bonds is 0. The number of hydrogen-bond acceptors (Lipinski definition) is 10. The van der Waals surface area contributed by atoms with Crippen LogP contribution < -0.4 is 0 Å². The summed E-state index contributed by atoms with van der Waals surface area (Å²) >= 11 is 0. The number of ketones is 2. The molecule has 15 rings (SSSR count). The second-order valence-corrected chi connectivity index (χ2v) is 17.7. The zero-order chi connectivity index (χ0) is 32.7. The summed E-state index contributed by atoms with van der Waals surface area (Å²) in [5, 5.41) is 25.4. The second-order valence-electron chi connectivity index (χ2n) is 17.7. The van der Waals surface area contributed by atoms with E-state index in [1.165, 1.54) is 0 Å². The van der Waals surface area contributed by atoms with E-state index in [0.717, 1.165) is 44.6 Å². The van der Waals surface area contributed by atoms with E-state index in [-0.39, 0.29) is 35.3 Å². The highest BCUT2D eigenvalue weighted by atomic mass is 16.6. The van der Waals surface area contributed by atoms with Crippen molar-refractivity contribution in [3.63, 3.8) is 0 Å². The average Bonchev–Trinajstić information content (AvgIpc) is 3.64. The molecule has 6 saturated heterocycles. The van der Waals surface area contributed by atoms with Crippen molar-refractivity contribution in [2.45, 2.75) is 101 Å². The number of fused-ring (bicyclic) bond motifs is 12. The van der Waals surface area contributed by atoms with Crippen LogP contribution in [-0.4, -0.2) is 81.5 Å². The molecule has 2 N–H and O–H groups in total. The summed E-state index contributed by atoms with van der Waals surface area (Å²) < 4.78 is 25.5. The van der Waals surface area contributed by atoms with Crippen LogP contribution in [0.4, 0.5) is 0 Å². The first-order chi connectivity index (χ1) is 22.9. The second kappa shape index (κ2) is 7.13. The van der Waals surface area contributed by atoms with Gasteiger partial charge >= 0.3 is 11.9 Å². The van der Waals surface area contributed by atoms with Gasteiger partial charge in [0.05, 0.1) is 34.5 Å². The maximum atomic E-state index is 15.2. The van der Waals surface area contributed by atoms with Crippen LogP contribution >= 0.6 is 0 Å². The minimum absolute atomic E-state index is 0.0221. The van der Waals surface area contributed by atoms with Crippen LogP contribution in [0.25, 0.3) is 0 Å². The fourth-order valence-corrected chi connectivity index (χ4v) is 15.5. The molecular formula is C38H36O10.